The number of anilines is 1. The van der Waals surface area contributed by atoms with E-state index in [1.807, 2.05) is 36.4 Å². The number of carbonyl (C=O) groups is 1. The molecular formula is C16H15ClINOS. The van der Waals surface area contributed by atoms with E-state index in [-0.39, 0.29) is 5.91 Å². The lowest BCUT2D eigenvalue weighted by Gasteiger charge is -2.10. The van der Waals surface area contributed by atoms with Crippen molar-refractivity contribution in [3.8, 4) is 0 Å². The smallest absolute Gasteiger partial charge is 0.234 e. The molecule has 0 heterocycles. The number of hydrogen-bond acceptors (Lipinski definition) is 2. The first-order valence-electron chi connectivity index (χ1n) is 6.55. The normalized spacial score (nSPS) is 10.4. The van der Waals surface area contributed by atoms with Gasteiger partial charge in [0.2, 0.25) is 5.91 Å². The Labute approximate surface area is 147 Å². The Hall–Kier alpha value is -0.720. The fraction of sp³-hybridized carbons (Fsp3) is 0.188. The molecule has 0 unspecified atom stereocenters. The number of benzene rings is 2. The molecular weight excluding hydrogens is 417 g/mol. The first-order chi connectivity index (χ1) is 10.1. The zero-order valence-corrected chi connectivity index (χ0v) is 15.3. The molecule has 0 fully saturated rings. The third kappa shape index (κ3) is 5.20. The van der Waals surface area contributed by atoms with Gasteiger partial charge in [0.25, 0.3) is 0 Å². The lowest BCUT2D eigenvalue weighted by molar-refractivity contribution is -0.113. The fourth-order valence-corrected chi connectivity index (χ4v) is 3.22. The van der Waals surface area contributed by atoms with Gasteiger partial charge in [0.1, 0.15) is 0 Å². The van der Waals surface area contributed by atoms with Gasteiger partial charge < -0.3 is 5.32 Å². The summed E-state index contributed by atoms with van der Waals surface area (Å²) in [6.45, 7) is 2.09. The van der Waals surface area contributed by atoms with Crippen molar-refractivity contribution in [2.75, 3.05) is 11.1 Å². The Morgan fingerprint density at radius 2 is 1.95 bits per heavy atom. The molecule has 0 atom stereocenters. The highest BCUT2D eigenvalue weighted by atomic mass is 127. The van der Waals surface area contributed by atoms with E-state index in [4.69, 9.17) is 11.6 Å². The van der Waals surface area contributed by atoms with E-state index < -0.39 is 0 Å². The average Bonchev–Trinajstić information content (AvgIpc) is 2.48. The second-order valence-electron chi connectivity index (χ2n) is 4.45. The van der Waals surface area contributed by atoms with Gasteiger partial charge in [-0.25, -0.2) is 0 Å². The highest BCUT2D eigenvalue weighted by Crippen LogP contribution is 2.22. The van der Waals surface area contributed by atoms with E-state index in [1.165, 1.54) is 15.3 Å². The van der Waals surface area contributed by atoms with E-state index >= 15 is 0 Å². The second kappa shape index (κ2) is 8.06. The molecule has 2 rings (SSSR count). The number of thioether (sulfide) groups is 1. The number of hydrogen-bond donors (Lipinski definition) is 1. The van der Waals surface area contributed by atoms with E-state index in [2.05, 4.69) is 40.9 Å². The van der Waals surface area contributed by atoms with Crippen LogP contribution in [0.25, 0.3) is 0 Å². The maximum Gasteiger partial charge on any atom is 0.234 e. The molecule has 2 nitrogen and oxygen atoms in total. The number of nitrogens with one attached hydrogen (secondary N) is 1. The predicted molar refractivity (Wildman–Crippen MR) is 99.3 cm³/mol. The minimum absolute atomic E-state index is 0.00542. The summed E-state index contributed by atoms with van der Waals surface area (Å²) in [7, 11) is 0. The number of halogens is 2. The van der Waals surface area contributed by atoms with Crippen LogP contribution >= 0.6 is 46.0 Å². The Kier molecular flexibility index (Phi) is 6.39. The van der Waals surface area contributed by atoms with Crippen molar-refractivity contribution >= 4 is 57.5 Å². The van der Waals surface area contributed by atoms with Gasteiger partial charge in [-0.3, -0.25) is 4.79 Å². The second-order valence-corrected chi connectivity index (χ2v) is 7.18. The third-order valence-electron chi connectivity index (χ3n) is 2.91. The van der Waals surface area contributed by atoms with Crippen LogP contribution in [0.2, 0.25) is 5.02 Å². The van der Waals surface area contributed by atoms with Gasteiger partial charge in [0.15, 0.2) is 0 Å². The molecule has 2 aromatic carbocycles. The van der Waals surface area contributed by atoms with Gasteiger partial charge in [0.05, 0.1) is 5.75 Å². The van der Waals surface area contributed by atoms with Crippen LogP contribution in [-0.4, -0.2) is 11.7 Å². The van der Waals surface area contributed by atoms with Crippen LogP contribution in [0.5, 0.6) is 0 Å². The summed E-state index contributed by atoms with van der Waals surface area (Å²) >= 11 is 9.62. The zero-order chi connectivity index (χ0) is 15.2. The van der Waals surface area contributed by atoms with Crippen LogP contribution < -0.4 is 5.32 Å². The number of amides is 1. The van der Waals surface area contributed by atoms with Crippen molar-refractivity contribution in [1.29, 1.82) is 0 Å². The molecule has 0 aliphatic carbocycles. The Morgan fingerprint density at radius 3 is 2.62 bits per heavy atom. The Balaban J connectivity index is 1.94. The van der Waals surface area contributed by atoms with Gasteiger partial charge in [-0.2, -0.15) is 0 Å². The molecule has 0 bridgehead atoms. The molecule has 1 amide bonds. The molecule has 110 valence electrons. The summed E-state index contributed by atoms with van der Waals surface area (Å²) in [5.41, 5.74) is 2.06. The molecule has 0 aliphatic rings. The molecule has 0 aromatic heterocycles. The van der Waals surface area contributed by atoms with Gasteiger partial charge in [0, 0.05) is 19.2 Å². The van der Waals surface area contributed by atoms with Crippen LogP contribution in [0.15, 0.2) is 47.4 Å². The summed E-state index contributed by atoms with van der Waals surface area (Å²) < 4.78 is 1.18. The predicted octanol–water partition coefficient (Wildman–Crippen LogP) is 5.24. The van der Waals surface area contributed by atoms with Crippen LogP contribution in [0.3, 0.4) is 0 Å². The molecule has 0 saturated heterocycles. The summed E-state index contributed by atoms with van der Waals surface area (Å²) in [5.74, 6) is 0.391. The molecule has 0 spiro atoms. The lowest BCUT2D eigenvalue weighted by Crippen LogP contribution is -2.15. The van der Waals surface area contributed by atoms with Gasteiger partial charge in [-0.05, 0) is 77.0 Å². The van der Waals surface area contributed by atoms with Gasteiger partial charge in [-0.1, -0.05) is 18.5 Å². The van der Waals surface area contributed by atoms with E-state index in [0.29, 0.717) is 10.8 Å². The first-order valence-corrected chi connectivity index (χ1v) is 8.99. The van der Waals surface area contributed by atoms with Crippen molar-refractivity contribution in [2.24, 2.45) is 0 Å². The van der Waals surface area contributed by atoms with E-state index in [1.54, 1.807) is 0 Å². The SMILES string of the molecule is CCc1cc(I)ccc1NC(=O)CSc1ccc(Cl)cc1. The van der Waals surface area contributed by atoms with Gasteiger partial charge >= 0.3 is 0 Å². The van der Waals surface area contributed by atoms with E-state index in [0.717, 1.165) is 22.6 Å². The Bertz CT molecular complexity index is 631. The third-order valence-corrected chi connectivity index (χ3v) is 4.84. The van der Waals surface area contributed by atoms with Crippen molar-refractivity contribution in [2.45, 2.75) is 18.2 Å². The lowest BCUT2D eigenvalue weighted by atomic mass is 10.1. The van der Waals surface area contributed by atoms with Crippen molar-refractivity contribution in [3.05, 3.63) is 56.6 Å². The minimum atomic E-state index is 0.00542. The quantitative estimate of drug-likeness (QED) is 0.518. The largest absolute Gasteiger partial charge is 0.325 e. The maximum absolute atomic E-state index is 12.0. The van der Waals surface area contributed by atoms with Crippen molar-refractivity contribution in [1.82, 2.24) is 0 Å². The highest BCUT2D eigenvalue weighted by Gasteiger charge is 2.07. The molecule has 0 radical (unpaired) electrons. The summed E-state index contributed by atoms with van der Waals surface area (Å²) in [5, 5.41) is 3.69. The Morgan fingerprint density at radius 1 is 1.24 bits per heavy atom. The summed E-state index contributed by atoms with van der Waals surface area (Å²) in [6.07, 6.45) is 0.900. The molecule has 21 heavy (non-hydrogen) atoms. The minimum Gasteiger partial charge on any atom is -0.325 e. The van der Waals surface area contributed by atoms with Crippen molar-refractivity contribution in [3.63, 3.8) is 0 Å². The molecule has 0 aliphatic heterocycles. The first kappa shape index (κ1) is 16.6. The number of carbonyl (C=O) groups excluding carboxylic acids is 1. The topological polar surface area (TPSA) is 29.1 Å². The molecule has 0 saturated carbocycles. The zero-order valence-electron chi connectivity index (χ0n) is 11.5. The van der Waals surface area contributed by atoms with Crippen molar-refractivity contribution < 1.29 is 4.79 Å². The van der Waals surface area contributed by atoms with Gasteiger partial charge in [-0.15, -0.1) is 11.8 Å². The highest BCUT2D eigenvalue weighted by molar-refractivity contribution is 14.1. The van der Waals surface area contributed by atoms with E-state index in [9.17, 15) is 4.79 Å². The summed E-state index contributed by atoms with van der Waals surface area (Å²) in [6, 6.07) is 13.6. The van der Waals surface area contributed by atoms with Crippen LogP contribution in [0, 0.1) is 3.57 Å². The summed E-state index contributed by atoms with van der Waals surface area (Å²) in [4.78, 5) is 13.1. The van der Waals surface area contributed by atoms with Crippen LogP contribution in [0.1, 0.15) is 12.5 Å². The monoisotopic (exact) mass is 431 g/mol. The fourth-order valence-electron chi connectivity index (χ4n) is 1.84. The van der Waals surface area contributed by atoms with Crippen LogP contribution in [0.4, 0.5) is 5.69 Å². The number of aryl methyl sites for hydroxylation is 1. The van der Waals surface area contributed by atoms with Crippen LogP contribution in [-0.2, 0) is 11.2 Å². The number of rotatable bonds is 5. The standard InChI is InChI=1S/C16H15ClINOS/c1-2-11-9-13(18)5-8-15(11)19-16(20)10-21-14-6-3-12(17)4-7-14/h3-9H,2,10H2,1H3,(H,19,20). The average molecular weight is 432 g/mol. The maximum atomic E-state index is 12.0. The molecule has 1 N–H and O–H groups in total. The molecule has 5 heteroatoms. The molecule has 2 aromatic rings.